The highest BCUT2D eigenvalue weighted by Gasteiger charge is 2.42. The summed E-state index contributed by atoms with van der Waals surface area (Å²) in [6, 6.07) is 5.33. The minimum Gasteiger partial charge on any atom is -0.494 e. The van der Waals surface area contributed by atoms with Gasteiger partial charge in [0.05, 0.1) is 24.9 Å². The maximum absolute atomic E-state index is 14.1. The Bertz CT molecular complexity index is 1070. The molecule has 1 fully saturated rings. The molecule has 0 radical (unpaired) electrons. The number of ether oxygens (including phenoxy) is 1. The molecule has 3 atom stereocenters. The van der Waals surface area contributed by atoms with Crippen molar-refractivity contribution in [1.82, 2.24) is 5.32 Å². The van der Waals surface area contributed by atoms with Gasteiger partial charge in [-0.3, -0.25) is 0 Å². The second kappa shape index (κ2) is 9.30. The molecule has 0 bridgehead atoms. The van der Waals surface area contributed by atoms with Crippen LogP contribution >= 0.6 is 0 Å². The van der Waals surface area contributed by atoms with Crippen molar-refractivity contribution in [2.24, 2.45) is 0 Å². The third kappa shape index (κ3) is 4.62. The van der Waals surface area contributed by atoms with Gasteiger partial charge < -0.3 is 30.5 Å². The number of nitrogens with zero attached hydrogens (tertiary/aromatic N) is 1. The number of carbonyl (C=O) groups excluding carboxylic acids is 1. The SMILES string of the molecule is COc1c(NC(=O)N[C@@H]2Cc3c(F)cccc3[C@@H]2O)cc(N2CCCC2)cc1C(O)C(F)(F)F. The number of aliphatic hydroxyl groups is 2. The quantitative estimate of drug-likeness (QED) is 0.486. The lowest BCUT2D eigenvalue weighted by Crippen LogP contribution is -2.40. The van der Waals surface area contributed by atoms with E-state index in [2.05, 4.69) is 10.6 Å². The second-order valence-corrected chi connectivity index (χ2v) is 8.42. The number of aliphatic hydroxyl groups excluding tert-OH is 2. The van der Waals surface area contributed by atoms with Gasteiger partial charge in [0, 0.05) is 24.3 Å². The van der Waals surface area contributed by atoms with E-state index in [0.29, 0.717) is 29.9 Å². The molecule has 7 nitrogen and oxygen atoms in total. The molecule has 1 saturated heterocycles. The lowest BCUT2D eigenvalue weighted by Gasteiger charge is -2.25. The molecule has 1 unspecified atom stereocenters. The van der Waals surface area contributed by atoms with Crippen LogP contribution in [0.1, 0.15) is 41.7 Å². The summed E-state index contributed by atoms with van der Waals surface area (Å²) in [4.78, 5) is 14.6. The van der Waals surface area contributed by atoms with E-state index in [0.717, 1.165) is 20.0 Å². The smallest absolute Gasteiger partial charge is 0.418 e. The molecule has 2 aliphatic rings. The first-order valence-electron chi connectivity index (χ1n) is 10.8. The Hall–Kier alpha value is -3.05. The van der Waals surface area contributed by atoms with Crippen LogP contribution in [0.4, 0.5) is 33.7 Å². The molecule has 1 heterocycles. The minimum atomic E-state index is -4.94. The maximum atomic E-state index is 14.1. The van der Waals surface area contributed by atoms with Gasteiger partial charge in [-0.05, 0) is 48.6 Å². The summed E-state index contributed by atoms with van der Waals surface area (Å²) in [5, 5.41) is 25.5. The van der Waals surface area contributed by atoms with Gasteiger partial charge in [0.15, 0.2) is 6.10 Å². The van der Waals surface area contributed by atoms with Gasteiger partial charge in [0.2, 0.25) is 0 Å². The molecule has 2 aromatic carbocycles. The standard InChI is InChI=1S/C23H25F4N3O4/c1-34-20-15(21(32)23(25,26)27)9-12(30-7-2-3-8-30)10-18(20)29-22(33)28-17-11-14-13(19(17)31)5-4-6-16(14)24/h4-6,9-10,17,19,21,31-32H,2-3,7-8,11H2,1H3,(H2,28,29,33)/t17-,19+,21?/m1/s1. The Morgan fingerprint density at radius 2 is 1.94 bits per heavy atom. The van der Waals surface area contributed by atoms with E-state index < -0.39 is 41.8 Å². The molecule has 11 heteroatoms. The van der Waals surface area contributed by atoms with Crippen LogP contribution < -0.4 is 20.3 Å². The number of rotatable bonds is 5. The van der Waals surface area contributed by atoms with Gasteiger partial charge >= 0.3 is 12.2 Å². The zero-order valence-corrected chi connectivity index (χ0v) is 18.3. The highest BCUT2D eigenvalue weighted by Crippen LogP contribution is 2.43. The number of fused-ring (bicyclic) bond motifs is 1. The number of halogens is 4. The molecule has 2 aromatic rings. The number of alkyl halides is 3. The van der Waals surface area contributed by atoms with Crippen LogP contribution in [0.2, 0.25) is 0 Å². The molecular weight excluding hydrogens is 458 g/mol. The van der Waals surface area contributed by atoms with Crippen LogP contribution in [-0.2, 0) is 6.42 Å². The molecule has 4 rings (SSSR count). The number of anilines is 2. The highest BCUT2D eigenvalue weighted by atomic mass is 19.4. The van der Waals surface area contributed by atoms with Crippen molar-refractivity contribution in [3.8, 4) is 5.75 Å². The summed E-state index contributed by atoms with van der Waals surface area (Å²) in [6.07, 6.45) is -7.12. The lowest BCUT2D eigenvalue weighted by atomic mass is 10.0. The van der Waals surface area contributed by atoms with Crippen molar-refractivity contribution in [3.63, 3.8) is 0 Å². The molecule has 184 valence electrons. The summed E-state index contributed by atoms with van der Waals surface area (Å²) >= 11 is 0. The third-order valence-electron chi connectivity index (χ3n) is 6.23. The number of carbonyl (C=O) groups is 1. The van der Waals surface area contributed by atoms with Crippen molar-refractivity contribution in [3.05, 3.63) is 52.8 Å². The number of urea groups is 1. The lowest BCUT2D eigenvalue weighted by molar-refractivity contribution is -0.207. The molecule has 1 aliphatic carbocycles. The van der Waals surface area contributed by atoms with E-state index in [1.54, 1.807) is 6.07 Å². The van der Waals surface area contributed by atoms with E-state index in [1.165, 1.54) is 24.3 Å². The number of amides is 2. The topological polar surface area (TPSA) is 94.1 Å². The Kier molecular flexibility index (Phi) is 6.59. The van der Waals surface area contributed by atoms with Crippen LogP contribution in [0.15, 0.2) is 30.3 Å². The Labute approximate surface area is 193 Å². The first-order chi connectivity index (χ1) is 16.1. The van der Waals surface area contributed by atoms with Gasteiger partial charge in [-0.25, -0.2) is 9.18 Å². The molecule has 4 N–H and O–H groups in total. The largest absolute Gasteiger partial charge is 0.494 e. The Morgan fingerprint density at radius 3 is 2.56 bits per heavy atom. The van der Waals surface area contributed by atoms with E-state index in [-0.39, 0.29) is 17.9 Å². The van der Waals surface area contributed by atoms with Crippen LogP contribution in [0.3, 0.4) is 0 Å². The fraction of sp³-hybridized carbons (Fsp3) is 0.435. The number of methoxy groups -OCH3 is 1. The average molecular weight is 483 g/mol. The van der Waals surface area contributed by atoms with Crippen molar-refractivity contribution >= 4 is 17.4 Å². The Balaban J connectivity index is 1.61. The summed E-state index contributed by atoms with van der Waals surface area (Å²) < 4.78 is 59.3. The summed E-state index contributed by atoms with van der Waals surface area (Å²) in [7, 11) is 1.14. The molecule has 0 saturated carbocycles. The zero-order chi connectivity index (χ0) is 24.6. The Morgan fingerprint density at radius 1 is 1.24 bits per heavy atom. The van der Waals surface area contributed by atoms with E-state index >= 15 is 0 Å². The van der Waals surface area contributed by atoms with Gasteiger partial charge in [-0.15, -0.1) is 0 Å². The maximum Gasteiger partial charge on any atom is 0.418 e. The number of nitrogens with one attached hydrogen (secondary N) is 2. The first kappa shape index (κ1) is 24.1. The van der Waals surface area contributed by atoms with Crippen molar-refractivity contribution in [2.45, 2.75) is 43.7 Å². The van der Waals surface area contributed by atoms with E-state index in [1.807, 2.05) is 4.90 Å². The van der Waals surface area contributed by atoms with E-state index in [4.69, 9.17) is 4.74 Å². The molecule has 0 spiro atoms. The fourth-order valence-corrected chi connectivity index (χ4v) is 4.57. The summed E-state index contributed by atoms with van der Waals surface area (Å²) in [5.74, 6) is -0.823. The minimum absolute atomic E-state index is 0.0551. The van der Waals surface area contributed by atoms with Gasteiger partial charge in [0.1, 0.15) is 11.6 Å². The predicted molar refractivity (Wildman–Crippen MR) is 116 cm³/mol. The number of hydrogen-bond donors (Lipinski definition) is 4. The highest BCUT2D eigenvalue weighted by molar-refractivity contribution is 5.92. The van der Waals surface area contributed by atoms with Gasteiger partial charge in [-0.2, -0.15) is 13.2 Å². The van der Waals surface area contributed by atoms with Gasteiger partial charge in [0.25, 0.3) is 0 Å². The van der Waals surface area contributed by atoms with Crippen LogP contribution in [0.5, 0.6) is 5.75 Å². The second-order valence-electron chi connectivity index (χ2n) is 8.42. The van der Waals surface area contributed by atoms with Crippen LogP contribution in [-0.4, -0.2) is 48.7 Å². The van der Waals surface area contributed by atoms with Gasteiger partial charge in [-0.1, -0.05) is 12.1 Å². The van der Waals surface area contributed by atoms with Crippen LogP contribution in [0, 0.1) is 5.82 Å². The molecular formula is C23H25F4N3O4. The summed E-state index contributed by atoms with van der Waals surface area (Å²) in [6.45, 7) is 1.25. The molecule has 34 heavy (non-hydrogen) atoms. The first-order valence-corrected chi connectivity index (χ1v) is 10.8. The normalized spacial score (nSPS) is 20.7. The van der Waals surface area contributed by atoms with Crippen LogP contribution in [0.25, 0.3) is 0 Å². The average Bonchev–Trinajstić information content (AvgIpc) is 3.42. The fourth-order valence-electron chi connectivity index (χ4n) is 4.57. The predicted octanol–water partition coefficient (Wildman–Crippen LogP) is 3.81. The number of hydrogen-bond acceptors (Lipinski definition) is 5. The van der Waals surface area contributed by atoms with Crippen molar-refractivity contribution in [2.75, 3.05) is 30.4 Å². The van der Waals surface area contributed by atoms with Crippen molar-refractivity contribution in [1.29, 1.82) is 0 Å². The van der Waals surface area contributed by atoms with E-state index in [9.17, 15) is 32.6 Å². The summed E-state index contributed by atoms with van der Waals surface area (Å²) in [5.41, 5.74) is 0.477. The van der Waals surface area contributed by atoms with Crippen molar-refractivity contribution < 1.29 is 37.3 Å². The monoisotopic (exact) mass is 483 g/mol. The number of benzene rings is 2. The zero-order valence-electron chi connectivity index (χ0n) is 18.3. The third-order valence-corrected chi connectivity index (χ3v) is 6.23. The molecule has 2 amide bonds. The molecule has 1 aliphatic heterocycles. The molecule has 0 aromatic heterocycles.